The van der Waals surface area contributed by atoms with Crippen LogP contribution in [0, 0.1) is 6.92 Å². The highest BCUT2D eigenvalue weighted by atomic mass is 127. The molecule has 0 spiro atoms. The Morgan fingerprint density at radius 2 is 2.24 bits per heavy atom. The largest absolute Gasteiger partial charge is 0.464 e. The van der Waals surface area contributed by atoms with Gasteiger partial charge in [-0.05, 0) is 45.2 Å². The van der Waals surface area contributed by atoms with Crippen LogP contribution in [0.4, 0.5) is 0 Å². The van der Waals surface area contributed by atoms with Gasteiger partial charge in [-0.3, -0.25) is 4.99 Å². The van der Waals surface area contributed by atoms with Gasteiger partial charge in [-0.15, -0.1) is 34.2 Å². The van der Waals surface area contributed by atoms with Crippen molar-refractivity contribution >= 4 is 29.9 Å². The number of furan rings is 1. The summed E-state index contributed by atoms with van der Waals surface area (Å²) in [6, 6.07) is 4.00. The van der Waals surface area contributed by atoms with Crippen LogP contribution >= 0.6 is 24.0 Å². The summed E-state index contributed by atoms with van der Waals surface area (Å²) in [7, 11) is 0. The van der Waals surface area contributed by atoms with Crippen LogP contribution in [0.3, 0.4) is 0 Å². The molecule has 2 unspecified atom stereocenters. The molecule has 3 heterocycles. The fourth-order valence-electron chi connectivity index (χ4n) is 3.29. The molecule has 9 heteroatoms. The lowest BCUT2D eigenvalue weighted by molar-refractivity contribution is 0.0224. The number of hydrogen-bond acceptors (Lipinski definition) is 5. The fourth-order valence-corrected chi connectivity index (χ4v) is 3.29. The van der Waals surface area contributed by atoms with Crippen LogP contribution in [-0.4, -0.2) is 46.5 Å². The van der Waals surface area contributed by atoms with Gasteiger partial charge in [0.2, 0.25) is 0 Å². The number of aromatic nitrogens is 3. The monoisotopic (exact) mass is 516 g/mol. The maximum atomic E-state index is 5.81. The Bertz CT molecular complexity index is 754. The number of aliphatic imine (C=N–C) groups is 1. The van der Waals surface area contributed by atoms with E-state index < -0.39 is 0 Å². The average molecular weight is 516 g/mol. The molecule has 1 aliphatic heterocycles. The van der Waals surface area contributed by atoms with Gasteiger partial charge >= 0.3 is 0 Å². The smallest absolute Gasteiger partial charge is 0.192 e. The molecule has 2 aromatic rings. The third kappa shape index (κ3) is 7.29. The summed E-state index contributed by atoms with van der Waals surface area (Å²) in [5.74, 6) is 3.56. The van der Waals surface area contributed by atoms with E-state index in [4.69, 9.17) is 14.1 Å². The Hall–Kier alpha value is -1.62. The SMILES string of the molecule is CCc1nncn1CCNC(=NCC1CCCCO1)NC(C)c1ccc(C)o1.I. The van der Waals surface area contributed by atoms with Gasteiger partial charge in [0, 0.05) is 26.1 Å². The highest BCUT2D eigenvalue weighted by Crippen LogP contribution is 2.16. The standard InChI is InChI=1S/C20H32N6O2.HI/c1-4-19-25-23-14-26(19)11-10-21-20(22-13-17-7-5-6-12-27-17)24-16(3)18-9-8-15(2)28-18;/h8-9,14,16-17H,4-7,10-13H2,1-3H3,(H2,21,22,24);1H. The van der Waals surface area contributed by atoms with Crippen molar-refractivity contribution < 1.29 is 9.15 Å². The first kappa shape index (κ1) is 23.7. The lowest BCUT2D eigenvalue weighted by Gasteiger charge is -2.22. The fraction of sp³-hybridized carbons (Fsp3) is 0.650. The van der Waals surface area contributed by atoms with Gasteiger partial charge in [0.15, 0.2) is 5.96 Å². The Labute approximate surface area is 189 Å². The van der Waals surface area contributed by atoms with Crippen molar-refractivity contribution in [2.24, 2.45) is 4.99 Å². The summed E-state index contributed by atoms with van der Waals surface area (Å²) in [5.41, 5.74) is 0. The van der Waals surface area contributed by atoms with Crippen LogP contribution in [0.5, 0.6) is 0 Å². The van der Waals surface area contributed by atoms with E-state index >= 15 is 0 Å². The van der Waals surface area contributed by atoms with E-state index in [0.717, 1.165) is 62.3 Å². The minimum Gasteiger partial charge on any atom is -0.464 e. The van der Waals surface area contributed by atoms with Crippen LogP contribution in [0.15, 0.2) is 27.9 Å². The van der Waals surface area contributed by atoms with Gasteiger partial charge in [-0.1, -0.05) is 6.92 Å². The quantitative estimate of drug-likeness (QED) is 0.318. The number of ether oxygens (including phenoxy) is 1. The van der Waals surface area contributed by atoms with Crippen molar-refractivity contribution in [3.05, 3.63) is 35.8 Å². The zero-order valence-electron chi connectivity index (χ0n) is 17.6. The average Bonchev–Trinajstić information content (AvgIpc) is 3.35. The van der Waals surface area contributed by atoms with E-state index in [1.807, 2.05) is 19.1 Å². The van der Waals surface area contributed by atoms with Gasteiger partial charge < -0.3 is 24.4 Å². The molecule has 3 rings (SSSR count). The van der Waals surface area contributed by atoms with Crippen molar-refractivity contribution in [2.75, 3.05) is 19.7 Å². The lowest BCUT2D eigenvalue weighted by atomic mass is 10.1. The van der Waals surface area contributed by atoms with Crippen LogP contribution < -0.4 is 10.6 Å². The maximum absolute atomic E-state index is 5.81. The molecule has 1 aliphatic rings. The molecule has 162 valence electrons. The first-order valence-electron chi connectivity index (χ1n) is 10.2. The highest BCUT2D eigenvalue weighted by molar-refractivity contribution is 14.0. The molecule has 8 nitrogen and oxygen atoms in total. The number of hydrogen-bond donors (Lipinski definition) is 2. The van der Waals surface area contributed by atoms with Gasteiger partial charge in [0.05, 0.1) is 18.7 Å². The minimum absolute atomic E-state index is 0. The zero-order valence-corrected chi connectivity index (χ0v) is 19.9. The van der Waals surface area contributed by atoms with Gasteiger partial charge in [-0.2, -0.15) is 0 Å². The summed E-state index contributed by atoms with van der Waals surface area (Å²) >= 11 is 0. The third-order valence-electron chi connectivity index (χ3n) is 4.93. The topological polar surface area (TPSA) is 89.5 Å². The molecule has 0 amide bonds. The number of aryl methyl sites for hydroxylation is 2. The summed E-state index contributed by atoms with van der Waals surface area (Å²) in [5, 5.41) is 15.0. The highest BCUT2D eigenvalue weighted by Gasteiger charge is 2.15. The molecule has 0 saturated carbocycles. The van der Waals surface area contributed by atoms with Crippen LogP contribution in [-0.2, 0) is 17.7 Å². The normalized spacial score (nSPS) is 18.2. The molecule has 29 heavy (non-hydrogen) atoms. The number of nitrogens with zero attached hydrogens (tertiary/aromatic N) is 4. The van der Waals surface area contributed by atoms with Crippen molar-refractivity contribution in [1.29, 1.82) is 0 Å². The van der Waals surface area contributed by atoms with E-state index in [-0.39, 0.29) is 36.1 Å². The predicted molar refractivity (Wildman–Crippen MR) is 124 cm³/mol. The van der Waals surface area contributed by atoms with Crippen LogP contribution in [0.2, 0.25) is 0 Å². The van der Waals surface area contributed by atoms with Gasteiger partial charge in [-0.25, -0.2) is 0 Å². The summed E-state index contributed by atoms with van der Waals surface area (Å²) in [6.07, 6.45) is 6.29. The molecule has 0 aromatic carbocycles. The Balaban J connectivity index is 0.00000300. The van der Waals surface area contributed by atoms with E-state index in [9.17, 15) is 0 Å². The zero-order chi connectivity index (χ0) is 19.8. The summed E-state index contributed by atoms with van der Waals surface area (Å²) < 4.78 is 13.6. The molecule has 1 saturated heterocycles. The van der Waals surface area contributed by atoms with E-state index in [0.29, 0.717) is 6.54 Å². The Morgan fingerprint density at radius 1 is 1.38 bits per heavy atom. The maximum Gasteiger partial charge on any atom is 0.192 e. The van der Waals surface area contributed by atoms with Crippen LogP contribution in [0.1, 0.15) is 56.5 Å². The molecule has 2 atom stereocenters. The van der Waals surface area contributed by atoms with Gasteiger partial charge in [0.1, 0.15) is 23.7 Å². The van der Waals surface area contributed by atoms with Crippen molar-refractivity contribution in [2.45, 2.75) is 65.1 Å². The molecule has 0 bridgehead atoms. The molecule has 0 radical (unpaired) electrons. The van der Waals surface area contributed by atoms with Crippen molar-refractivity contribution in [1.82, 2.24) is 25.4 Å². The first-order chi connectivity index (χ1) is 13.7. The van der Waals surface area contributed by atoms with Crippen molar-refractivity contribution in [3.63, 3.8) is 0 Å². The van der Waals surface area contributed by atoms with E-state index in [1.54, 1.807) is 6.33 Å². The second-order valence-corrected chi connectivity index (χ2v) is 7.21. The number of halogens is 1. The summed E-state index contributed by atoms with van der Waals surface area (Å²) in [6.45, 7) is 9.12. The van der Waals surface area contributed by atoms with E-state index in [2.05, 4.69) is 39.2 Å². The van der Waals surface area contributed by atoms with Crippen LogP contribution in [0.25, 0.3) is 0 Å². The minimum atomic E-state index is 0. The molecule has 2 aromatic heterocycles. The second-order valence-electron chi connectivity index (χ2n) is 7.21. The van der Waals surface area contributed by atoms with Crippen molar-refractivity contribution in [3.8, 4) is 0 Å². The molecular weight excluding hydrogens is 483 g/mol. The third-order valence-corrected chi connectivity index (χ3v) is 4.93. The van der Waals surface area contributed by atoms with Gasteiger partial charge in [0.25, 0.3) is 0 Å². The molecule has 0 aliphatic carbocycles. The molecule has 1 fully saturated rings. The number of guanidine groups is 1. The number of rotatable bonds is 8. The summed E-state index contributed by atoms with van der Waals surface area (Å²) in [4.78, 5) is 4.77. The molecule has 2 N–H and O–H groups in total. The Kier molecular flexibility index (Phi) is 9.92. The first-order valence-corrected chi connectivity index (χ1v) is 10.2. The Morgan fingerprint density at radius 3 is 2.93 bits per heavy atom. The number of nitrogens with one attached hydrogen (secondary N) is 2. The second kappa shape index (κ2) is 12.2. The molecular formula is C20H33IN6O2. The predicted octanol–water partition coefficient (Wildman–Crippen LogP) is 3.23. The lowest BCUT2D eigenvalue weighted by Crippen LogP contribution is -2.41. The van der Waals surface area contributed by atoms with E-state index in [1.165, 1.54) is 6.42 Å².